The van der Waals surface area contributed by atoms with Gasteiger partial charge in [0.25, 0.3) is 0 Å². The molecule has 4 nitrogen and oxygen atoms in total. The Morgan fingerprint density at radius 2 is 2.10 bits per heavy atom. The van der Waals surface area contributed by atoms with E-state index in [0.29, 0.717) is 17.2 Å². The number of ketones is 1. The van der Waals surface area contributed by atoms with Crippen molar-refractivity contribution >= 4 is 40.3 Å². The van der Waals surface area contributed by atoms with Crippen LogP contribution in [0.3, 0.4) is 0 Å². The highest BCUT2D eigenvalue weighted by Gasteiger charge is 2.16. The third-order valence-electron chi connectivity index (χ3n) is 2.66. The van der Waals surface area contributed by atoms with E-state index < -0.39 is 0 Å². The molecule has 0 N–H and O–H groups in total. The van der Waals surface area contributed by atoms with E-state index in [1.165, 1.54) is 18.3 Å². The van der Waals surface area contributed by atoms with Gasteiger partial charge in [-0.2, -0.15) is 0 Å². The van der Waals surface area contributed by atoms with E-state index in [2.05, 4.69) is 4.98 Å². The Kier molecular flexibility index (Phi) is 5.58. The van der Waals surface area contributed by atoms with Crippen molar-refractivity contribution in [3.8, 4) is 5.75 Å². The predicted molar refractivity (Wildman–Crippen MR) is 83.6 cm³/mol. The molecule has 2 rings (SSSR count). The van der Waals surface area contributed by atoms with Crippen LogP contribution in [-0.2, 0) is 18.0 Å². The van der Waals surface area contributed by atoms with Gasteiger partial charge in [0.05, 0.1) is 22.9 Å². The van der Waals surface area contributed by atoms with Crippen molar-refractivity contribution in [1.29, 1.82) is 0 Å². The normalized spacial score (nSPS) is 10.7. The molecular formula is C14H13Cl2NO3S. The van der Waals surface area contributed by atoms with E-state index in [1.54, 1.807) is 19.2 Å². The molecule has 1 aromatic carbocycles. The fraction of sp³-hybridized carbons (Fsp3) is 0.286. The SMILES string of the molecule is COCc1nc(COc2c(C(C)=O)ccc(Cl)c2Cl)cs1. The average Bonchev–Trinajstić information content (AvgIpc) is 2.88. The first-order chi connectivity index (χ1) is 10.0. The zero-order chi connectivity index (χ0) is 15.4. The molecule has 0 amide bonds. The summed E-state index contributed by atoms with van der Waals surface area (Å²) < 4.78 is 10.7. The van der Waals surface area contributed by atoms with Crippen LogP contribution in [0.15, 0.2) is 17.5 Å². The highest BCUT2D eigenvalue weighted by Crippen LogP contribution is 2.36. The molecule has 0 unspecified atom stereocenters. The average molecular weight is 346 g/mol. The molecule has 0 aliphatic heterocycles. The molecule has 0 aliphatic carbocycles. The maximum Gasteiger partial charge on any atom is 0.163 e. The van der Waals surface area contributed by atoms with Crippen LogP contribution in [0.5, 0.6) is 5.75 Å². The van der Waals surface area contributed by atoms with E-state index in [9.17, 15) is 4.79 Å². The summed E-state index contributed by atoms with van der Waals surface area (Å²) in [6.45, 7) is 2.12. The lowest BCUT2D eigenvalue weighted by Crippen LogP contribution is -2.03. The highest BCUT2D eigenvalue weighted by atomic mass is 35.5. The van der Waals surface area contributed by atoms with Crippen LogP contribution in [0.1, 0.15) is 28.0 Å². The summed E-state index contributed by atoms with van der Waals surface area (Å²) in [6.07, 6.45) is 0. The smallest absolute Gasteiger partial charge is 0.163 e. The molecule has 0 radical (unpaired) electrons. The number of hydrogen-bond donors (Lipinski definition) is 0. The molecular weight excluding hydrogens is 333 g/mol. The van der Waals surface area contributed by atoms with Crippen molar-refractivity contribution in [1.82, 2.24) is 4.98 Å². The maximum absolute atomic E-state index is 11.6. The summed E-state index contributed by atoms with van der Waals surface area (Å²) in [5.74, 6) is 0.153. The largest absolute Gasteiger partial charge is 0.485 e. The minimum Gasteiger partial charge on any atom is -0.485 e. The first kappa shape index (κ1) is 16.2. The molecule has 0 saturated heterocycles. The maximum atomic E-state index is 11.6. The van der Waals surface area contributed by atoms with Crippen molar-refractivity contribution in [2.45, 2.75) is 20.1 Å². The van der Waals surface area contributed by atoms with Gasteiger partial charge in [-0.1, -0.05) is 23.2 Å². The number of halogens is 2. The topological polar surface area (TPSA) is 48.4 Å². The van der Waals surface area contributed by atoms with Crippen molar-refractivity contribution in [2.24, 2.45) is 0 Å². The fourth-order valence-corrected chi connectivity index (χ4v) is 2.82. The second-order valence-corrected chi connectivity index (χ2v) is 5.98. The number of benzene rings is 1. The van der Waals surface area contributed by atoms with Crippen LogP contribution in [0.4, 0.5) is 0 Å². The van der Waals surface area contributed by atoms with Gasteiger partial charge in [-0.25, -0.2) is 4.98 Å². The van der Waals surface area contributed by atoms with Crippen molar-refractivity contribution in [3.05, 3.63) is 43.8 Å². The van der Waals surface area contributed by atoms with Crippen LogP contribution in [-0.4, -0.2) is 17.9 Å². The standard InChI is InChI=1S/C14H13Cl2NO3S/c1-8(18)10-3-4-11(15)13(16)14(10)20-5-9-7-21-12(17-9)6-19-2/h3-4,7H,5-6H2,1-2H3. The quantitative estimate of drug-likeness (QED) is 0.729. The zero-order valence-corrected chi connectivity index (χ0v) is 13.8. The highest BCUT2D eigenvalue weighted by molar-refractivity contribution is 7.09. The molecule has 7 heteroatoms. The number of methoxy groups -OCH3 is 1. The summed E-state index contributed by atoms with van der Waals surface area (Å²) in [4.78, 5) is 16.0. The number of ether oxygens (including phenoxy) is 2. The Labute approximate surface area is 136 Å². The summed E-state index contributed by atoms with van der Waals surface area (Å²) >= 11 is 13.6. The molecule has 112 valence electrons. The number of thiazole rings is 1. The predicted octanol–water partition coefficient (Wildman–Crippen LogP) is 4.38. The Morgan fingerprint density at radius 3 is 2.76 bits per heavy atom. The fourth-order valence-electron chi connectivity index (χ4n) is 1.70. The Balaban J connectivity index is 2.18. The van der Waals surface area contributed by atoms with Gasteiger partial charge in [0.1, 0.15) is 16.6 Å². The molecule has 0 atom stereocenters. The first-order valence-electron chi connectivity index (χ1n) is 6.07. The van der Waals surface area contributed by atoms with E-state index >= 15 is 0 Å². The first-order valence-corrected chi connectivity index (χ1v) is 7.70. The van der Waals surface area contributed by atoms with Gasteiger partial charge in [0, 0.05) is 12.5 Å². The summed E-state index contributed by atoms with van der Waals surface area (Å²) in [7, 11) is 1.61. The number of aromatic nitrogens is 1. The second kappa shape index (κ2) is 7.22. The third-order valence-corrected chi connectivity index (χ3v) is 4.32. The number of carbonyl (C=O) groups is 1. The van der Waals surface area contributed by atoms with E-state index in [-0.39, 0.29) is 23.2 Å². The molecule has 0 saturated carbocycles. The lowest BCUT2D eigenvalue weighted by molar-refractivity contribution is 0.101. The molecule has 0 spiro atoms. The zero-order valence-electron chi connectivity index (χ0n) is 11.5. The van der Waals surface area contributed by atoms with Crippen LogP contribution < -0.4 is 4.74 Å². The van der Waals surface area contributed by atoms with Crippen molar-refractivity contribution in [3.63, 3.8) is 0 Å². The molecule has 0 bridgehead atoms. The lowest BCUT2D eigenvalue weighted by Gasteiger charge is -2.11. The number of carbonyl (C=O) groups excluding carboxylic acids is 1. The summed E-state index contributed by atoms with van der Waals surface area (Å²) in [5.41, 5.74) is 1.15. The molecule has 1 heterocycles. The van der Waals surface area contributed by atoms with Crippen molar-refractivity contribution in [2.75, 3.05) is 7.11 Å². The monoisotopic (exact) mass is 345 g/mol. The Bertz CT molecular complexity index is 658. The van der Waals surface area contributed by atoms with Crippen LogP contribution in [0.2, 0.25) is 10.0 Å². The van der Waals surface area contributed by atoms with E-state index in [4.69, 9.17) is 32.7 Å². The molecule has 0 aliphatic rings. The van der Waals surface area contributed by atoms with Gasteiger partial charge in [-0.05, 0) is 19.1 Å². The number of Topliss-reactive ketones (excluding diaryl/α,β-unsaturated/α-hetero) is 1. The summed E-state index contributed by atoms with van der Waals surface area (Å²) in [6, 6.07) is 3.18. The van der Waals surface area contributed by atoms with E-state index in [0.717, 1.165) is 10.7 Å². The van der Waals surface area contributed by atoms with Gasteiger partial charge in [-0.3, -0.25) is 4.79 Å². The number of rotatable bonds is 6. The van der Waals surface area contributed by atoms with Crippen LogP contribution in [0.25, 0.3) is 0 Å². The van der Waals surface area contributed by atoms with Gasteiger partial charge >= 0.3 is 0 Å². The van der Waals surface area contributed by atoms with Gasteiger partial charge < -0.3 is 9.47 Å². The lowest BCUT2D eigenvalue weighted by atomic mass is 10.1. The molecule has 1 aromatic heterocycles. The van der Waals surface area contributed by atoms with Gasteiger partial charge in [-0.15, -0.1) is 11.3 Å². The van der Waals surface area contributed by atoms with Gasteiger partial charge in [0.2, 0.25) is 0 Å². The minimum absolute atomic E-state index is 0.137. The van der Waals surface area contributed by atoms with Crippen LogP contribution >= 0.6 is 34.5 Å². The number of nitrogens with zero attached hydrogens (tertiary/aromatic N) is 1. The Hall–Kier alpha value is -1.14. The van der Waals surface area contributed by atoms with E-state index in [1.807, 2.05) is 5.38 Å². The number of hydrogen-bond acceptors (Lipinski definition) is 5. The third kappa shape index (κ3) is 3.95. The Morgan fingerprint density at radius 1 is 1.33 bits per heavy atom. The van der Waals surface area contributed by atoms with Crippen molar-refractivity contribution < 1.29 is 14.3 Å². The minimum atomic E-state index is -0.137. The molecule has 0 fully saturated rings. The second-order valence-electron chi connectivity index (χ2n) is 4.25. The van der Waals surface area contributed by atoms with Gasteiger partial charge in [0.15, 0.2) is 11.5 Å². The van der Waals surface area contributed by atoms with Crippen LogP contribution in [0, 0.1) is 0 Å². The summed E-state index contributed by atoms with van der Waals surface area (Å²) in [5, 5.41) is 3.31. The molecule has 21 heavy (non-hydrogen) atoms. The molecule has 2 aromatic rings.